The third kappa shape index (κ3) is 2.97. The minimum Gasteiger partial charge on any atom is -0.333 e. The first-order valence-corrected chi connectivity index (χ1v) is 6.51. The molecular formula is C8H16N2S. The normalized spacial score (nSPS) is 19.3. The van der Waals surface area contributed by atoms with Gasteiger partial charge in [0, 0.05) is 0 Å². The van der Waals surface area contributed by atoms with E-state index in [1.165, 1.54) is 5.57 Å². The molecule has 1 aliphatic rings. The van der Waals surface area contributed by atoms with E-state index in [4.69, 9.17) is 0 Å². The number of hydrogen-bond donors (Lipinski definition) is 1. The highest BCUT2D eigenvalue weighted by molar-refractivity contribution is 8.30. The average Bonchev–Trinajstić information content (AvgIpc) is 2.10. The fraction of sp³-hybridized carbons (Fsp3) is 0.625. The molecule has 2 nitrogen and oxygen atoms in total. The van der Waals surface area contributed by atoms with Gasteiger partial charge in [-0.3, -0.25) is 4.99 Å². The van der Waals surface area contributed by atoms with E-state index in [0.717, 1.165) is 12.4 Å². The van der Waals surface area contributed by atoms with E-state index in [9.17, 15) is 0 Å². The van der Waals surface area contributed by atoms with Crippen LogP contribution in [0.5, 0.6) is 0 Å². The van der Waals surface area contributed by atoms with Gasteiger partial charge in [0.15, 0.2) is 0 Å². The molecule has 0 aliphatic carbocycles. The minimum absolute atomic E-state index is 0.656. The molecule has 0 fully saturated rings. The molecule has 1 rings (SSSR count). The predicted octanol–water partition coefficient (Wildman–Crippen LogP) is 1.54. The lowest BCUT2D eigenvalue weighted by Crippen LogP contribution is -2.22. The zero-order chi connectivity index (χ0) is 8.48. The standard InChI is InChI=1S/C8H16N2S/c1-7-5-8(9-6-7)10-11(2,3)4/h5H,6H2,1-4H3,(H,9,10). The summed E-state index contributed by atoms with van der Waals surface area (Å²) in [6, 6.07) is 0. The summed E-state index contributed by atoms with van der Waals surface area (Å²) in [5.41, 5.74) is 1.34. The van der Waals surface area contributed by atoms with Crippen molar-refractivity contribution in [3.05, 3.63) is 11.6 Å². The van der Waals surface area contributed by atoms with Crippen LogP contribution in [0.2, 0.25) is 0 Å². The van der Waals surface area contributed by atoms with Gasteiger partial charge in [0.2, 0.25) is 0 Å². The quantitative estimate of drug-likeness (QED) is 0.637. The van der Waals surface area contributed by atoms with Crippen LogP contribution in [0.4, 0.5) is 0 Å². The van der Waals surface area contributed by atoms with E-state index in [2.05, 4.69) is 41.5 Å². The van der Waals surface area contributed by atoms with Crippen LogP contribution >= 0.6 is 10.2 Å². The largest absolute Gasteiger partial charge is 0.333 e. The lowest BCUT2D eigenvalue weighted by molar-refractivity contribution is 1.17. The van der Waals surface area contributed by atoms with Crippen LogP contribution in [0, 0.1) is 0 Å². The number of aliphatic imine (C=N–C) groups is 1. The van der Waals surface area contributed by atoms with Gasteiger partial charge in [-0.2, -0.15) is 10.2 Å². The molecule has 0 unspecified atom stereocenters. The second kappa shape index (κ2) is 2.89. The van der Waals surface area contributed by atoms with Crippen molar-refractivity contribution in [2.24, 2.45) is 4.99 Å². The van der Waals surface area contributed by atoms with Crippen molar-refractivity contribution >= 4 is 16.0 Å². The number of nitrogens with zero attached hydrogens (tertiary/aromatic N) is 1. The Morgan fingerprint density at radius 1 is 1.45 bits per heavy atom. The highest BCUT2D eigenvalue weighted by atomic mass is 32.3. The van der Waals surface area contributed by atoms with E-state index >= 15 is 0 Å². The molecule has 1 heterocycles. The van der Waals surface area contributed by atoms with Crippen molar-refractivity contribution in [3.8, 4) is 0 Å². The molecule has 0 aromatic carbocycles. The van der Waals surface area contributed by atoms with E-state index in [-0.39, 0.29) is 0 Å². The van der Waals surface area contributed by atoms with Gasteiger partial charge in [0.1, 0.15) is 5.84 Å². The lowest BCUT2D eigenvalue weighted by atomic mass is 10.3. The van der Waals surface area contributed by atoms with Crippen LogP contribution in [0.15, 0.2) is 16.6 Å². The summed E-state index contributed by atoms with van der Waals surface area (Å²) in [7, 11) is -0.656. The maximum absolute atomic E-state index is 4.34. The second-order valence-electron chi connectivity index (χ2n) is 3.63. The maximum atomic E-state index is 4.34. The fourth-order valence-corrected chi connectivity index (χ4v) is 1.66. The predicted molar refractivity (Wildman–Crippen MR) is 54.6 cm³/mol. The molecule has 0 bridgehead atoms. The Kier molecular flexibility index (Phi) is 2.28. The molecule has 0 atom stereocenters. The van der Waals surface area contributed by atoms with Gasteiger partial charge in [-0.05, 0) is 37.3 Å². The van der Waals surface area contributed by atoms with Crippen LogP contribution in [0.3, 0.4) is 0 Å². The Balaban J connectivity index is 2.53. The van der Waals surface area contributed by atoms with Gasteiger partial charge in [0.05, 0.1) is 6.54 Å². The zero-order valence-electron chi connectivity index (χ0n) is 7.64. The first-order chi connectivity index (χ1) is 4.97. The Bertz CT molecular complexity index is 211. The van der Waals surface area contributed by atoms with Crippen molar-refractivity contribution in [3.63, 3.8) is 0 Å². The summed E-state index contributed by atoms with van der Waals surface area (Å²) >= 11 is 0. The first kappa shape index (κ1) is 8.65. The van der Waals surface area contributed by atoms with Gasteiger partial charge >= 0.3 is 0 Å². The molecule has 0 spiro atoms. The number of nitrogens with one attached hydrogen (secondary N) is 1. The van der Waals surface area contributed by atoms with E-state index in [1.54, 1.807) is 0 Å². The molecule has 1 N–H and O–H groups in total. The van der Waals surface area contributed by atoms with Crippen LogP contribution < -0.4 is 4.72 Å². The Labute approximate surface area is 70.2 Å². The van der Waals surface area contributed by atoms with Gasteiger partial charge < -0.3 is 4.72 Å². The smallest absolute Gasteiger partial charge is 0.129 e. The van der Waals surface area contributed by atoms with Crippen LogP contribution in [-0.4, -0.2) is 31.1 Å². The Hall–Kier alpha value is -0.440. The topological polar surface area (TPSA) is 24.4 Å². The van der Waals surface area contributed by atoms with Gasteiger partial charge in [-0.1, -0.05) is 0 Å². The molecule has 0 saturated heterocycles. The maximum Gasteiger partial charge on any atom is 0.129 e. The van der Waals surface area contributed by atoms with E-state index < -0.39 is 10.2 Å². The monoisotopic (exact) mass is 172 g/mol. The summed E-state index contributed by atoms with van der Waals surface area (Å²) in [6.45, 7) is 2.98. The molecule has 0 amide bonds. The summed E-state index contributed by atoms with van der Waals surface area (Å²) in [6.07, 6.45) is 8.78. The number of hydrogen-bond acceptors (Lipinski definition) is 2. The average molecular weight is 172 g/mol. The van der Waals surface area contributed by atoms with Gasteiger partial charge in [-0.25, -0.2) is 0 Å². The summed E-state index contributed by atoms with van der Waals surface area (Å²) < 4.78 is 3.41. The molecule has 1 aliphatic heterocycles. The minimum atomic E-state index is -0.656. The zero-order valence-corrected chi connectivity index (χ0v) is 8.46. The summed E-state index contributed by atoms with van der Waals surface area (Å²) in [4.78, 5) is 4.34. The van der Waals surface area contributed by atoms with Crippen molar-refractivity contribution in [2.45, 2.75) is 6.92 Å². The van der Waals surface area contributed by atoms with Crippen LogP contribution in [-0.2, 0) is 0 Å². The van der Waals surface area contributed by atoms with Crippen molar-refractivity contribution in [1.29, 1.82) is 0 Å². The van der Waals surface area contributed by atoms with Crippen molar-refractivity contribution in [1.82, 2.24) is 4.72 Å². The number of amidine groups is 1. The molecule has 0 aromatic heterocycles. The van der Waals surface area contributed by atoms with Crippen molar-refractivity contribution < 1.29 is 0 Å². The molecule has 0 saturated carbocycles. The first-order valence-electron chi connectivity index (χ1n) is 3.65. The highest BCUT2D eigenvalue weighted by Gasteiger charge is 2.08. The lowest BCUT2D eigenvalue weighted by Gasteiger charge is -2.27. The molecular weight excluding hydrogens is 156 g/mol. The summed E-state index contributed by atoms with van der Waals surface area (Å²) in [5.74, 6) is 1.06. The molecule has 3 heteroatoms. The second-order valence-corrected chi connectivity index (χ2v) is 7.51. The molecule has 0 radical (unpaired) electrons. The third-order valence-electron chi connectivity index (χ3n) is 1.29. The van der Waals surface area contributed by atoms with Crippen molar-refractivity contribution in [2.75, 3.05) is 25.3 Å². The third-order valence-corrected chi connectivity index (χ3v) is 2.11. The molecule has 64 valence electrons. The highest BCUT2D eigenvalue weighted by Crippen LogP contribution is 2.29. The van der Waals surface area contributed by atoms with E-state index in [1.807, 2.05) is 0 Å². The van der Waals surface area contributed by atoms with Crippen LogP contribution in [0.1, 0.15) is 6.92 Å². The molecule has 11 heavy (non-hydrogen) atoms. The fourth-order valence-electron chi connectivity index (χ4n) is 0.910. The SMILES string of the molecule is CC1=CC(NS(C)(C)C)=NC1. The van der Waals surface area contributed by atoms with E-state index in [0.29, 0.717) is 0 Å². The number of rotatable bonds is 1. The van der Waals surface area contributed by atoms with Gasteiger partial charge in [0.25, 0.3) is 0 Å². The van der Waals surface area contributed by atoms with Crippen LogP contribution in [0.25, 0.3) is 0 Å². The Morgan fingerprint density at radius 3 is 2.45 bits per heavy atom. The summed E-state index contributed by atoms with van der Waals surface area (Å²) in [5, 5.41) is 0. The van der Waals surface area contributed by atoms with Gasteiger partial charge in [-0.15, -0.1) is 0 Å². The Morgan fingerprint density at radius 2 is 2.09 bits per heavy atom. The molecule has 0 aromatic rings.